The van der Waals surface area contributed by atoms with Crippen LogP contribution in [0, 0.1) is 0 Å². The van der Waals surface area contributed by atoms with Gasteiger partial charge in [0.1, 0.15) is 11.9 Å². The average molecular weight is 289 g/mol. The van der Waals surface area contributed by atoms with Crippen molar-refractivity contribution in [1.82, 2.24) is 5.32 Å². The van der Waals surface area contributed by atoms with Gasteiger partial charge in [0, 0.05) is 18.9 Å². The third kappa shape index (κ3) is 3.24. The molecule has 0 bridgehead atoms. The second kappa shape index (κ2) is 6.37. The Balaban J connectivity index is 1.60. The van der Waals surface area contributed by atoms with Gasteiger partial charge < -0.3 is 14.8 Å². The van der Waals surface area contributed by atoms with Gasteiger partial charge in [-0.3, -0.25) is 0 Å². The van der Waals surface area contributed by atoms with Crippen LogP contribution in [0.5, 0.6) is 5.75 Å². The molecule has 3 heteroatoms. The van der Waals surface area contributed by atoms with Crippen LogP contribution in [0.2, 0.25) is 0 Å². The van der Waals surface area contributed by atoms with E-state index in [0.717, 1.165) is 31.6 Å². The highest BCUT2D eigenvalue weighted by molar-refractivity contribution is 5.29. The normalized spacial score (nSPS) is 25.3. The molecule has 1 aromatic carbocycles. The van der Waals surface area contributed by atoms with Gasteiger partial charge in [-0.2, -0.15) is 0 Å². The van der Waals surface area contributed by atoms with Gasteiger partial charge in [0.05, 0.1) is 12.2 Å². The summed E-state index contributed by atoms with van der Waals surface area (Å²) in [5, 5.41) is 3.34. The van der Waals surface area contributed by atoms with Crippen molar-refractivity contribution >= 4 is 0 Å². The second-order valence-corrected chi connectivity index (χ2v) is 6.44. The summed E-state index contributed by atoms with van der Waals surface area (Å²) in [5.41, 5.74) is 1.48. The maximum absolute atomic E-state index is 6.19. The largest absolute Gasteiger partial charge is 0.490 e. The lowest BCUT2D eigenvalue weighted by Gasteiger charge is -2.46. The van der Waals surface area contributed by atoms with E-state index in [-0.39, 0.29) is 5.60 Å². The van der Waals surface area contributed by atoms with Crippen LogP contribution >= 0.6 is 0 Å². The molecule has 1 saturated heterocycles. The van der Waals surface area contributed by atoms with Gasteiger partial charge in [0.2, 0.25) is 0 Å². The Hall–Kier alpha value is -1.06. The number of benzene rings is 1. The average Bonchev–Trinajstić information content (AvgIpc) is 2.49. The maximum atomic E-state index is 6.19. The van der Waals surface area contributed by atoms with Gasteiger partial charge in [0.25, 0.3) is 0 Å². The monoisotopic (exact) mass is 289 g/mol. The summed E-state index contributed by atoms with van der Waals surface area (Å²) in [6.07, 6.45) is 7.22. The van der Waals surface area contributed by atoms with Gasteiger partial charge in [0.15, 0.2) is 0 Å². The molecule has 3 rings (SSSR count). The Morgan fingerprint density at radius 1 is 1.33 bits per heavy atom. The molecule has 1 spiro atoms. The number of nitrogens with one attached hydrogen (secondary N) is 1. The summed E-state index contributed by atoms with van der Waals surface area (Å²) in [7, 11) is 2.01. The van der Waals surface area contributed by atoms with E-state index in [9.17, 15) is 0 Å². The fraction of sp³-hybridized carbons (Fsp3) is 0.667. The van der Waals surface area contributed by atoms with Crippen LogP contribution < -0.4 is 10.1 Å². The second-order valence-electron chi connectivity index (χ2n) is 6.44. The van der Waals surface area contributed by atoms with Gasteiger partial charge >= 0.3 is 0 Å². The zero-order chi connectivity index (χ0) is 14.7. The molecule has 1 aliphatic carbocycles. The molecule has 3 nitrogen and oxygen atoms in total. The minimum Gasteiger partial charge on any atom is -0.490 e. The van der Waals surface area contributed by atoms with Gasteiger partial charge in [-0.1, -0.05) is 19.1 Å². The van der Waals surface area contributed by atoms with E-state index in [1.165, 1.54) is 24.8 Å². The number of hydrogen-bond acceptors (Lipinski definition) is 3. The third-order valence-electron chi connectivity index (χ3n) is 5.05. The van der Waals surface area contributed by atoms with Crippen molar-refractivity contribution in [2.75, 3.05) is 13.7 Å². The molecule has 2 atom stereocenters. The molecule has 1 N–H and O–H groups in total. The Morgan fingerprint density at radius 3 is 2.67 bits per heavy atom. The molecular formula is C18H27NO2. The first kappa shape index (κ1) is 14.9. The standard InChI is InChI=1S/C18H27NO2/c1-3-17(19-2)14-5-7-15(8-6-14)21-16-9-12-20-18(13-16)10-4-11-18/h5-8,16-17,19H,3-4,9-13H2,1-2H3. The van der Waals surface area contributed by atoms with E-state index in [2.05, 4.69) is 36.5 Å². The van der Waals surface area contributed by atoms with E-state index in [1.807, 2.05) is 7.05 Å². The lowest BCUT2D eigenvalue weighted by atomic mass is 9.74. The highest BCUT2D eigenvalue weighted by Crippen LogP contribution is 2.43. The fourth-order valence-electron chi connectivity index (χ4n) is 3.58. The quantitative estimate of drug-likeness (QED) is 0.893. The Bertz CT molecular complexity index is 449. The Morgan fingerprint density at radius 2 is 2.10 bits per heavy atom. The van der Waals surface area contributed by atoms with E-state index >= 15 is 0 Å². The van der Waals surface area contributed by atoms with Crippen LogP contribution in [0.25, 0.3) is 0 Å². The van der Waals surface area contributed by atoms with Crippen LogP contribution in [-0.4, -0.2) is 25.4 Å². The smallest absolute Gasteiger partial charge is 0.119 e. The third-order valence-corrected chi connectivity index (χ3v) is 5.05. The predicted octanol–water partition coefficient (Wildman–Crippen LogP) is 3.84. The summed E-state index contributed by atoms with van der Waals surface area (Å²) >= 11 is 0. The van der Waals surface area contributed by atoms with Crippen LogP contribution in [0.15, 0.2) is 24.3 Å². The highest BCUT2D eigenvalue weighted by Gasteiger charge is 2.43. The lowest BCUT2D eigenvalue weighted by Crippen LogP contribution is -2.48. The van der Waals surface area contributed by atoms with Crippen molar-refractivity contribution < 1.29 is 9.47 Å². The molecule has 0 aromatic heterocycles. The molecule has 1 heterocycles. The molecule has 2 unspecified atom stereocenters. The summed E-state index contributed by atoms with van der Waals surface area (Å²) in [6.45, 7) is 3.05. The van der Waals surface area contributed by atoms with E-state index < -0.39 is 0 Å². The van der Waals surface area contributed by atoms with Crippen molar-refractivity contribution in [3.8, 4) is 5.75 Å². The van der Waals surface area contributed by atoms with Crippen molar-refractivity contribution in [3.63, 3.8) is 0 Å². The number of ether oxygens (including phenoxy) is 2. The first-order valence-electron chi connectivity index (χ1n) is 8.32. The van der Waals surface area contributed by atoms with Gasteiger partial charge in [-0.25, -0.2) is 0 Å². The molecule has 116 valence electrons. The molecule has 2 fully saturated rings. The van der Waals surface area contributed by atoms with Gasteiger partial charge in [-0.05, 0) is 50.4 Å². The SMILES string of the molecule is CCC(NC)c1ccc(OC2CCOC3(CCC3)C2)cc1. The van der Waals surface area contributed by atoms with Gasteiger partial charge in [-0.15, -0.1) is 0 Å². The van der Waals surface area contributed by atoms with Crippen LogP contribution in [0.4, 0.5) is 0 Å². The predicted molar refractivity (Wildman–Crippen MR) is 84.7 cm³/mol. The van der Waals surface area contributed by atoms with Crippen molar-refractivity contribution in [3.05, 3.63) is 29.8 Å². The Kier molecular flexibility index (Phi) is 4.51. The van der Waals surface area contributed by atoms with Crippen LogP contribution in [-0.2, 0) is 4.74 Å². The van der Waals surface area contributed by atoms with E-state index in [4.69, 9.17) is 9.47 Å². The molecule has 1 aromatic rings. The first-order chi connectivity index (χ1) is 10.2. The topological polar surface area (TPSA) is 30.5 Å². The molecule has 2 aliphatic rings. The fourth-order valence-corrected chi connectivity index (χ4v) is 3.58. The number of rotatable bonds is 5. The minimum absolute atomic E-state index is 0.155. The first-order valence-corrected chi connectivity index (χ1v) is 8.32. The molecule has 21 heavy (non-hydrogen) atoms. The number of hydrogen-bond donors (Lipinski definition) is 1. The highest BCUT2D eigenvalue weighted by atomic mass is 16.5. The zero-order valence-corrected chi connectivity index (χ0v) is 13.2. The van der Waals surface area contributed by atoms with E-state index in [0.29, 0.717) is 12.1 Å². The van der Waals surface area contributed by atoms with Crippen LogP contribution in [0.1, 0.15) is 57.1 Å². The van der Waals surface area contributed by atoms with Crippen molar-refractivity contribution in [2.45, 2.75) is 63.2 Å². The lowest BCUT2D eigenvalue weighted by molar-refractivity contribution is -0.153. The molecular weight excluding hydrogens is 262 g/mol. The molecule has 1 saturated carbocycles. The van der Waals surface area contributed by atoms with Crippen LogP contribution in [0.3, 0.4) is 0 Å². The summed E-state index contributed by atoms with van der Waals surface area (Å²) < 4.78 is 12.1. The molecule has 0 amide bonds. The van der Waals surface area contributed by atoms with Crippen molar-refractivity contribution in [1.29, 1.82) is 0 Å². The summed E-state index contributed by atoms with van der Waals surface area (Å²) in [6, 6.07) is 9.01. The Labute approximate surface area is 128 Å². The molecule has 0 radical (unpaired) electrons. The zero-order valence-electron chi connectivity index (χ0n) is 13.2. The summed E-state index contributed by atoms with van der Waals surface area (Å²) in [5.74, 6) is 0.992. The van der Waals surface area contributed by atoms with Crippen molar-refractivity contribution in [2.24, 2.45) is 0 Å². The van der Waals surface area contributed by atoms with E-state index in [1.54, 1.807) is 0 Å². The summed E-state index contributed by atoms with van der Waals surface area (Å²) in [4.78, 5) is 0. The minimum atomic E-state index is 0.155. The maximum Gasteiger partial charge on any atom is 0.119 e. The molecule has 1 aliphatic heterocycles.